The minimum Gasteiger partial charge on any atom is -0.396 e. The summed E-state index contributed by atoms with van der Waals surface area (Å²) in [5.41, 5.74) is 1.23. The number of benzene rings is 1. The third-order valence-corrected chi connectivity index (χ3v) is 3.61. The molecule has 2 N–H and O–H groups in total. The molecule has 0 aliphatic carbocycles. The van der Waals surface area contributed by atoms with Crippen LogP contribution < -0.4 is 5.32 Å². The summed E-state index contributed by atoms with van der Waals surface area (Å²) >= 11 is 0. The minimum absolute atomic E-state index is 0.274. The molecule has 0 aliphatic rings. The molecule has 1 heterocycles. The van der Waals surface area contributed by atoms with E-state index in [-0.39, 0.29) is 6.61 Å². The molecular weight excluding hydrogens is 236 g/mol. The van der Waals surface area contributed by atoms with Crippen LogP contribution in [-0.4, -0.2) is 23.2 Å². The van der Waals surface area contributed by atoms with Gasteiger partial charge in [-0.2, -0.15) is 0 Å². The average Bonchev–Trinajstić information content (AvgIpc) is 2.46. The summed E-state index contributed by atoms with van der Waals surface area (Å²) in [6.07, 6.45) is 5.81. The SMILES string of the molecule is CCC(CCO)CNCc1cncc2ccccc12. The van der Waals surface area contributed by atoms with E-state index in [2.05, 4.69) is 35.4 Å². The van der Waals surface area contributed by atoms with E-state index < -0.39 is 0 Å². The Morgan fingerprint density at radius 2 is 2.11 bits per heavy atom. The number of rotatable bonds is 7. The third-order valence-electron chi connectivity index (χ3n) is 3.61. The van der Waals surface area contributed by atoms with Crippen LogP contribution in [0.2, 0.25) is 0 Å². The molecule has 3 heteroatoms. The molecule has 1 unspecified atom stereocenters. The number of hydrogen-bond donors (Lipinski definition) is 2. The lowest BCUT2D eigenvalue weighted by molar-refractivity contribution is 0.251. The van der Waals surface area contributed by atoms with Crippen molar-refractivity contribution in [3.8, 4) is 0 Å². The fourth-order valence-corrected chi connectivity index (χ4v) is 2.36. The second-order valence-electron chi connectivity index (χ2n) is 4.94. The molecule has 0 fully saturated rings. The average molecular weight is 258 g/mol. The topological polar surface area (TPSA) is 45.1 Å². The monoisotopic (exact) mass is 258 g/mol. The highest BCUT2D eigenvalue weighted by Crippen LogP contribution is 2.17. The van der Waals surface area contributed by atoms with Crippen molar-refractivity contribution >= 4 is 10.8 Å². The van der Waals surface area contributed by atoms with Gasteiger partial charge in [-0.25, -0.2) is 0 Å². The van der Waals surface area contributed by atoms with Crippen LogP contribution in [0.4, 0.5) is 0 Å². The van der Waals surface area contributed by atoms with Crippen molar-refractivity contribution in [3.05, 3.63) is 42.2 Å². The van der Waals surface area contributed by atoms with Crippen molar-refractivity contribution in [2.24, 2.45) is 5.92 Å². The zero-order valence-electron chi connectivity index (χ0n) is 11.5. The van der Waals surface area contributed by atoms with Crippen LogP contribution >= 0.6 is 0 Å². The fourth-order valence-electron chi connectivity index (χ4n) is 2.36. The molecule has 0 aliphatic heterocycles. The quantitative estimate of drug-likeness (QED) is 0.802. The summed E-state index contributed by atoms with van der Waals surface area (Å²) in [5, 5.41) is 14.9. The number of aromatic nitrogens is 1. The molecule has 0 saturated carbocycles. The Hall–Kier alpha value is -1.45. The molecule has 0 bridgehead atoms. The van der Waals surface area contributed by atoms with E-state index in [1.807, 2.05) is 18.5 Å². The Bertz CT molecular complexity index is 508. The summed E-state index contributed by atoms with van der Waals surface area (Å²) in [6, 6.07) is 8.33. The molecule has 1 aromatic heterocycles. The summed E-state index contributed by atoms with van der Waals surface area (Å²) in [5.74, 6) is 0.549. The van der Waals surface area contributed by atoms with Gasteiger partial charge in [0.2, 0.25) is 0 Å². The van der Waals surface area contributed by atoms with Crippen molar-refractivity contribution in [2.45, 2.75) is 26.3 Å². The van der Waals surface area contributed by atoms with Crippen molar-refractivity contribution < 1.29 is 5.11 Å². The molecule has 1 aromatic carbocycles. The highest BCUT2D eigenvalue weighted by molar-refractivity contribution is 5.84. The second kappa shape index (κ2) is 7.22. The molecule has 0 saturated heterocycles. The first-order valence-electron chi connectivity index (χ1n) is 6.98. The van der Waals surface area contributed by atoms with Gasteiger partial charge in [-0.3, -0.25) is 4.98 Å². The van der Waals surface area contributed by atoms with Gasteiger partial charge in [0.25, 0.3) is 0 Å². The predicted molar refractivity (Wildman–Crippen MR) is 78.9 cm³/mol. The number of nitrogens with one attached hydrogen (secondary N) is 1. The van der Waals surface area contributed by atoms with Crippen LogP contribution in [0.3, 0.4) is 0 Å². The van der Waals surface area contributed by atoms with Crippen LogP contribution in [0.5, 0.6) is 0 Å². The number of pyridine rings is 1. The smallest absolute Gasteiger partial charge is 0.0434 e. The van der Waals surface area contributed by atoms with Gasteiger partial charge in [0, 0.05) is 30.9 Å². The third kappa shape index (κ3) is 3.75. The van der Waals surface area contributed by atoms with Crippen LogP contribution in [0.25, 0.3) is 10.8 Å². The second-order valence-corrected chi connectivity index (χ2v) is 4.94. The standard InChI is InChI=1S/C16H22N2O/c1-2-13(7-8-19)9-17-11-15-12-18-10-14-5-3-4-6-16(14)15/h3-6,10,12-13,17,19H,2,7-9,11H2,1H3. The van der Waals surface area contributed by atoms with E-state index in [9.17, 15) is 0 Å². The van der Waals surface area contributed by atoms with Gasteiger partial charge in [0.05, 0.1) is 0 Å². The van der Waals surface area contributed by atoms with Gasteiger partial charge in [0.15, 0.2) is 0 Å². The van der Waals surface area contributed by atoms with E-state index >= 15 is 0 Å². The number of hydrogen-bond acceptors (Lipinski definition) is 3. The molecule has 3 nitrogen and oxygen atoms in total. The van der Waals surface area contributed by atoms with Gasteiger partial charge in [0.1, 0.15) is 0 Å². The van der Waals surface area contributed by atoms with Gasteiger partial charge in [-0.05, 0) is 29.8 Å². The molecule has 2 aromatic rings. The normalized spacial score (nSPS) is 12.7. The molecular formula is C16H22N2O. The Kier molecular flexibility index (Phi) is 5.31. The van der Waals surface area contributed by atoms with Gasteiger partial charge >= 0.3 is 0 Å². The lowest BCUT2D eigenvalue weighted by atomic mass is 10.0. The van der Waals surface area contributed by atoms with Crippen LogP contribution in [-0.2, 0) is 6.54 Å². The van der Waals surface area contributed by atoms with Crippen molar-refractivity contribution in [1.82, 2.24) is 10.3 Å². The van der Waals surface area contributed by atoms with Crippen LogP contribution in [0, 0.1) is 5.92 Å². The van der Waals surface area contributed by atoms with Crippen molar-refractivity contribution in [2.75, 3.05) is 13.2 Å². The van der Waals surface area contributed by atoms with Gasteiger partial charge in [-0.15, -0.1) is 0 Å². The molecule has 0 amide bonds. The molecule has 2 rings (SSSR count). The number of fused-ring (bicyclic) bond motifs is 1. The number of aliphatic hydroxyl groups is 1. The van der Waals surface area contributed by atoms with E-state index in [0.29, 0.717) is 5.92 Å². The van der Waals surface area contributed by atoms with E-state index in [1.54, 1.807) is 0 Å². The van der Waals surface area contributed by atoms with Gasteiger partial charge < -0.3 is 10.4 Å². The fraction of sp³-hybridized carbons (Fsp3) is 0.438. The summed E-state index contributed by atoms with van der Waals surface area (Å²) < 4.78 is 0. The van der Waals surface area contributed by atoms with Crippen LogP contribution in [0.1, 0.15) is 25.3 Å². The van der Waals surface area contributed by atoms with E-state index in [1.165, 1.54) is 16.3 Å². The molecule has 0 radical (unpaired) electrons. The minimum atomic E-state index is 0.274. The first kappa shape index (κ1) is 14.0. The summed E-state index contributed by atoms with van der Waals surface area (Å²) in [4.78, 5) is 4.29. The largest absolute Gasteiger partial charge is 0.396 e. The number of aliphatic hydroxyl groups excluding tert-OH is 1. The first-order valence-corrected chi connectivity index (χ1v) is 6.98. The zero-order valence-corrected chi connectivity index (χ0v) is 11.5. The Balaban J connectivity index is 1.98. The lowest BCUT2D eigenvalue weighted by Crippen LogP contribution is -2.23. The highest BCUT2D eigenvalue weighted by Gasteiger charge is 2.06. The molecule has 1 atom stereocenters. The Morgan fingerprint density at radius 1 is 1.26 bits per heavy atom. The van der Waals surface area contributed by atoms with Crippen molar-refractivity contribution in [3.63, 3.8) is 0 Å². The molecule has 102 valence electrons. The molecule has 0 spiro atoms. The summed E-state index contributed by atoms with van der Waals surface area (Å²) in [7, 11) is 0. The Labute approximate surface area is 114 Å². The molecule has 19 heavy (non-hydrogen) atoms. The lowest BCUT2D eigenvalue weighted by Gasteiger charge is -2.14. The van der Waals surface area contributed by atoms with Gasteiger partial charge in [-0.1, -0.05) is 37.6 Å². The maximum atomic E-state index is 8.99. The van der Waals surface area contributed by atoms with E-state index in [0.717, 1.165) is 25.9 Å². The highest BCUT2D eigenvalue weighted by atomic mass is 16.3. The maximum Gasteiger partial charge on any atom is 0.0434 e. The number of nitrogens with zero attached hydrogens (tertiary/aromatic N) is 1. The zero-order chi connectivity index (χ0) is 13.5. The maximum absolute atomic E-state index is 8.99. The van der Waals surface area contributed by atoms with Crippen LogP contribution in [0.15, 0.2) is 36.7 Å². The van der Waals surface area contributed by atoms with Crippen molar-refractivity contribution in [1.29, 1.82) is 0 Å². The van der Waals surface area contributed by atoms with E-state index in [4.69, 9.17) is 5.11 Å². The summed E-state index contributed by atoms with van der Waals surface area (Å²) in [6.45, 7) is 4.22. The predicted octanol–water partition coefficient (Wildman–Crippen LogP) is 2.73. The first-order chi connectivity index (χ1) is 9.35. The Morgan fingerprint density at radius 3 is 2.89 bits per heavy atom.